The first kappa shape index (κ1) is 36.3. The van der Waals surface area contributed by atoms with Crippen LogP contribution in [0.5, 0.6) is 0 Å². The van der Waals surface area contributed by atoms with Gasteiger partial charge < -0.3 is 53.6 Å². The smallest absolute Gasteiger partial charge is 0.303 e. The van der Waals surface area contributed by atoms with Crippen LogP contribution in [0.15, 0.2) is 0 Å². The zero-order valence-corrected chi connectivity index (χ0v) is 25.3. The molecular formula is C26H38N2O16. The molecule has 18 nitrogen and oxygen atoms in total. The maximum Gasteiger partial charge on any atom is 0.303 e. The lowest BCUT2D eigenvalue weighted by molar-refractivity contribution is -0.330. The molecule has 2 aliphatic heterocycles. The molecular weight excluding hydrogens is 596 g/mol. The number of carbonyl (C=O) groups is 7. The van der Waals surface area contributed by atoms with E-state index in [0.29, 0.717) is 0 Å². The predicted molar refractivity (Wildman–Crippen MR) is 140 cm³/mol. The normalized spacial score (nSPS) is 31.5. The summed E-state index contributed by atoms with van der Waals surface area (Å²) in [6.45, 7) is 6.58. The van der Waals surface area contributed by atoms with Crippen molar-refractivity contribution in [3.63, 3.8) is 0 Å². The van der Waals surface area contributed by atoms with Crippen LogP contribution < -0.4 is 10.6 Å². The molecule has 0 aromatic rings. The number of hydrogen-bond acceptors (Lipinski definition) is 16. The van der Waals surface area contributed by atoms with Crippen molar-refractivity contribution < 1.29 is 76.6 Å². The summed E-state index contributed by atoms with van der Waals surface area (Å²) in [7, 11) is 0. The number of hydrogen-bond donors (Lipinski definition) is 3. The minimum Gasteiger partial charge on any atom is -0.463 e. The third kappa shape index (κ3) is 10.7. The maximum atomic E-state index is 12.3. The third-order valence-electron chi connectivity index (χ3n) is 6.15. The highest BCUT2D eigenvalue weighted by molar-refractivity contribution is 5.74. The standard InChI is InChI=1S/C26H38N2O16/c1-10(29)27-19-23(40-15(6)34)22(17(42-25(19)36)8-37-12(3)31)44-26-20(28-11(2)30)24(41-16(7)35)21(39-14(5)33)18(43-26)9-38-13(4)32/h17-26,36H,8-9H2,1-7H3,(H,27,29)(H,28,30)/t17-,18-,19-,20-,21-,22-,23-,24-,25?,26-/m1/s1. The molecule has 18 heteroatoms. The van der Waals surface area contributed by atoms with E-state index in [-0.39, 0.29) is 0 Å². The second-order valence-corrected chi connectivity index (χ2v) is 9.99. The highest BCUT2D eigenvalue weighted by Crippen LogP contribution is 2.33. The van der Waals surface area contributed by atoms with Gasteiger partial charge in [0.25, 0.3) is 0 Å². The Bertz CT molecular complexity index is 1100. The molecule has 2 rings (SSSR count). The summed E-state index contributed by atoms with van der Waals surface area (Å²) in [5, 5.41) is 15.6. The molecule has 10 atom stereocenters. The fraction of sp³-hybridized carbons (Fsp3) is 0.731. The summed E-state index contributed by atoms with van der Waals surface area (Å²) < 4.78 is 44.2. The molecule has 2 aliphatic rings. The van der Waals surface area contributed by atoms with Crippen molar-refractivity contribution in [1.82, 2.24) is 10.6 Å². The van der Waals surface area contributed by atoms with E-state index in [0.717, 1.165) is 48.5 Å². The Hall–Kier alpha value is -3.87. The summed E-state index contributed by atoms with van der Waals surface area (Å²) in [5.74, 6) is -5.31. The average molecular weight is 635 g/mol. The van der Waals surface area contributed by atoms with Gasteiger partial charge >= 0.3 is 29.8 Å². The van der Waals surface area contributed by atoms with Gasteiger partial charge in [-0.1, -0.05) is 0 Å². The van der Waals surface area contributed by atoms with Gasteiger partial charge in [-0.05, 0) is 0 Å². The van der Waals surface area contributed by atoms with Gasteiger partial charge in [-0.15, -0.1) is 0 Å². The van der Waals surface area contributed by atoms with Crippen molar-refractivity contribution >= 4 is 41.7 Å². The molecule has 0 saturated carbocycles. The molecule has 2 saturated heterocycles. The predicted octanol–water partition coefficient (Wildman–Crippen LogP) is -2.26. The Morgan fingerprint density at radius 3 is 1.41 bits per heavy atom. The first-order valence-electron chi connectivity index (χ1n) is 13.5. The van der Waals surface area contributed by atoms with Crippen LogP contribution in [0.1, 0.15) is 48.5 Å². The summed E-state index contributed by atoms with van der Waals surface area (Å²) in [6, 6.07) is -2.83. The number of carbonyl (C=O) groups excluding carboxylic acids is 7. The van der Waals surface area contributed by atoms with Crippen molar-refractivity contribution in [3.05, 3.63) is 0 Å². The van der Waals surface area contributed by atoms with Gasteiger partial charge in [0.2, 0.25) is 11.8 Å². The highest BCUT2D eigenvalue weighted by Gasteiger charge is 2.55. The second-order valence-electron chi connectivity index (χ2n) is 9.99. The summed E-state index contributed by atoms with van der Waals surface area (Å²) in [6.07, 6.45) is -12.1. The van der Waals surface area contributed by atoms with Crippen LogP contribution in [0.25, 0.3) is 0 Å². The molecule has 0 radical (unpaired) electrons. The molecule has 248 valence electrons. The second kappa shape index (κ2) is 16.3. The minimum atomic E-state index is -1.78. The Kier molecular flexibility index (Phi) is 13.4. The fourth-order valence-corrected chi connectivity index (χ4v) is 4.70. The number of nitrogens with one attached hydrogen (secondary N) is 2. The number of aliphatic hydroxyl groups is 1. The number of rotatable bonds is 11. The van der Waals surface area contributed by atoms with E-state index in [4.69, 9.17) is 37.9 Å². The van der Waals surface area contributed by atoms with Crippen molar-refractivity contribution in [2.24, 2.45) is 0 Å². The molecule has 1 unspecified atom stereocenters. The molecule has 0 aliphatic carbocycles. The number of esters is 5. The molecule has 2 heterocycles. The van der Waals surface area contributed by atoms with Crippen LogP contribution in [0.2, 0.25) is 0 Å². The molecule has 44 heavy (non-hydrogen) atoms. The minimum absolute atomic E-state index is 0.531. The zero-order chi connectivity index (χ0) is 33.3. The molecule has 0 aromatic heterocycles. The lowest BCUT2D eigenvalue weighted by atomic mass is 9.94. The Morgan fingerprint density at radius 1 is 0.568 bits per heavy atom. The van der Waals surface area contributed by atoms with E-state index in [1.807, 2.05) is 0 Å². The van der Waals surface area contributed by atoms with Crippen molar-refractivity contribution in [1.29, 1.82) is 0 Å². The van der Waals surface area contributed by atoms with Crippen LogP contribution in [0.3, 0.4) is 0 Å². The van der Waals surface area contributed by atoms with E-state index < -0.39 is 116 Å². The molecule has 3 N–H and O–H groups in total. The average Bonchev–Trinajstić information content (AvgIpc) is 2.87. The lowest BCUT2D eigenvalue weighted by Crippen LogP contribution is -2.70. The van der Waals surface area contributed by atoms with Crippen molar-refractivity contribution in [2.75, 3.05) is 13.2 Å². The number of aliphatic hydroxyl groups excluding tert-OH is 1. The Balaban J connectivity index is 2.66. The zero-order valence-electron chi connectivity index (χ0n) is 25.3. The monoisotopic (exact) mass is 634 g/mol. The summed E-state index contributed by atoms with van der Waals surface area (Å²) in [4.78, 5) is 83.8. The molecule has 2 amide bonds. The van der Waals surface area contributed by atoms with Gasteiger partial charge in [0.1, 0.15) is 43.6 Å². The summed E-state index contributed by atoms with van der Waals surface area (Å²) in [5.41, 5.74) is 0. The van der Waals surface area contributed by atoms with Gasteiger partial charge in [0.05, 0.1) is 0 Å². The largest absolute Gasteiger partial charge is 0.463 e. The first-order valence-corrected chi connectivity index (χ1v) is 13.5. The van der Waals surface area contributed by atoms with E-state index in [9.17, 15) is 38.7 Å². The van der Waals surface area contributed by atoms with E-state index in [2.05, 4.69) is 10.6 Å². The number of amides is 2. The molecule has 0 bridgehead atoms. The topological polar surface area (TPSA) is 238 Å². The summed E-state index contributed by atoms with van der Waals surface area (Å²) >= 11 is 0. The van der Waals surface area contributed by atoms with Crippen LogP contribution >= 0.6 is 0 Å². The SMILES string of the molecule is CC(=O)N[C@H]1[C@@H](O[C@H]2[C@H](OC(C)=O)[C@@H](NC(C)=O)C(O)O[C@@H]2COC(C)=O)O[C@H](COC(C)=O)[C@@H](OC(C)=O)[C@@H]1OC(C)=O. The van der Waals surface area contributed by atoms with Gasteiger partial charge in [-0.2, -0.15) is 0 Å². The Labute approximate surface area is 252 Å². The Morgan fingerprint density at radius 2 is 0.977 bits per heavy atom. The maximum absolute atomic E-state index is 12.3. The van der Waals surface area contributed by atoms with Gasteiger partial charge in [0, 0.05) is 48.5 Å². The fourth-order valence-electron chi connectivity index (χ4n) is 4.70. The van der Waals surface area contributed by atoms with Crippen molar-refractivity contribution in [2.45, 2.75) is 110 Å². The molecule has 2 fully saturated rings. The highest BCUT2D eigenvalue weighted by atomic mass is 16.7. The van der Waals surface area contributed by atoms with Crippen LogP contribution in [0, 0.1) is 0 Å². The van der Waals surface area contributed by atoms with Crippen LogP contribution in [-0.4, -0.2) is 121 Å². The van der Waals surface area contributed by atoms with Crippen molar-refractivity contribution in [3.8, 4) is 0 Å². The molecule has 0 spiro atoms. The van der Waals surface area contributed by atoms with Crippen LogP contribution in [-0.2, 0) is 71.5 Å². The van der Waals surface area contributed by atoms with E-state index >= 15 is 0 Å². The van der Waals surface area contributed by atoms with Crippen LogP contribution in [0.4, 0.5) is 0 Å². The number of ether oxygens (including phenoxy) is 8. The van der Waals surface area contributed by atoms with E-state index in [1.165, 1.54) is 0 Å². The quantitative estimate of drug-likeness (QED) is 0.161. The van der Waals surface area contributed by atoms with Gasteiger partial charge in [-0.3, -0.25) is 33.6 Å². The van der Waals surface area contributed by atoms with Gasteiger partial charge in [0.15, 0.2) is 30.9 Å². The van der Waals surface area contributed by atoms with Gasteiger partial charge in [-0.25, -0.2) is 0 Å². The lowest BCUT2D eigenvalue weighted by Gasteiger charge is -2.49. The van der Waals surface area contributed by atoms with E-state index in [1.54, 1.807) is 0 Å². The first-order chi connectivity index (χ1) is 20.5. The third-order valence-corrected chi connectivity index (χ3v) is 6.15. The molecule has 0 aromatic carbocycles.